The number of para-hydroxylation sites is 1. The molecular weight excluding hydrogens is 407 g/mol. The van der Waals surface area contributed by atoms with Crippen LogP contribution in [-0.2, 0) is 11.3 Å². The molecule has 0 radical (unpaired) electrons. The van der Waals surface area contributed by atoms with E-state index in [0.717, 1.165) is 36.0 Å². The summed E-state index contributed by atoms with van der Waals surface area (Å²) >= 11 is 0. The monoisotopic (exact) mass is 432 g/mol. The molecule has 0 aliphatic carbocycles. The Bertz CT molecular complexity index is 1150. The molecule has 0 N–H and O–H groups in total. The highest BCUT2D eigenvalue weighted by Gasteiger charge is 2.38. The number of piperazine rings is 1. The van der Waals surface area contributed by atoms with Gasteiger partial charge in [-0.1, -0.05) is 36.4 Å². The molecule has 0 bridgehead atoms. The van der Waals surface area contributed by atoms with Crippen molar-refractivity contribution in [2.45, 2.75) is 19.0 Å². The van der Waals surface area contributed by atoms with E-state index in [1.54, 1.807) is 23.1 Å². The van der Waals surface area contributed by atoms with E-state index < -0.39 is 0 Å². The predicted molar refractivity (Wildman–Crippen MR) is 119 cm³/mol. The Labute approximate surface area is 186 Å². The summed E-state index contributed by atoms with van der Waals surface area (Å²) in [6.07, 6.45) is 0.820. The summed E-state index contributed by atoms with van der Waals surface area (Å²) in [5, 5.41) is 0.991. The van der Waals surface area contributed by atoms with Crippen molar-refractivity contribution in [1.82, 2.24) is 19.7 Å². The lowest BCUT2D eigenvalue weighted by Gasteiger charge is -2.40. The number of hydrogen-bond donors (Lipinski definition) is 0. The molecule has 2 aliphatic rings. The van der Waals surface area contributed by atoms with Gasteiger partial charge in [0, 0.05) is 44.7 Å². The Kier molecular flexibility index (Phi) is 5.57. The predicted octanol–water partition coefficient (Wildman–Crippen LogP) is 2.93. The molecule has 3 heterocycles. The van der Waals surface area contributed by atoms with Crippen molar-refractivity contribution in [3.8, 4) is 0 Å². The van der Waals surface area contributed by atoms with Gasteiger partial charge in [-0.2, -0.15) is 0 Å². The van der Waals surface area contributed by atoms with Crippen LogP contribution in [0, 0.1) is 5.82 Å². The van der Waals surface area contributed by atoms with Gasteiger partial charge in [-0.15, -0.1) is 0 Å². The Morgan fingerprint density at radius 3 is 2.62 bits per heavy atom. The van der Waals surface area contributed by atoms with Gasteiger partial charge in [-0.25, -0.2) is 9.37 Å². The molecule has 164 valence electrons. The summed E-state index contributed by atoms with van der Waals surface area (Å²) in [7, 11) is 0. The second-order valence-corrected chi connectivity index (χ2v) is 8.43. The summed E-state index contributed by atoms with van der Waals surface area (Å²) in [5.74, 6) is -0.405. The van der Waals surface area contributed by atoms with Crippen LogP contribution >= 0.6 is 0 Å². The van der Waals surface area contributed by atoms with Gasteiger partial charge in [0.05, 0.1) is 5.52 Å². The van der Waals surface area contributed by atoms with E-state index in [1.807, 2.05) is 35.2 Å². The number of rotatable bonds is 3. The molecule has 5 rings (SSSR count). The van der Waals surface area contributed by atoms with Gasteiger partial charge >= 0.3 is 0 Å². The van der Waals surface area contributed by atoms with Crippen LogP contribution in [0.5, 0.6) is 0 Å². The first kappa shape index (κ1) is 20.6. The first-order valence-electron chi connectivity index (χ1n) is 11.0. The number of fused-ring (bicyclic) bond motifs is 2. The number of aromatic nitrogens is 1. The van der Waals surface area contributed by atoms with Crippen molar-refractivity contribution in [2.75, 3.05) is 32.7 Å². The highest BCUT2D eigenvalue weighted by Crippen LogP contribution is 2.21. The minimum atomic E-state index is -0.365. The van der Waals surface area contributed by atoms with Gasteiger partial charge in [-0.05, 0) is 36.2 Å². The van der Waals surface area contributed by atoms with Crippen LogP contribution in [-0.4, -0.2) is 70.3 Å². The molecule has 32 heavy (non-hydrogen) atoms. The van der Waals surface area contributed by atoms with E-state index >= 15 is 0 Å². The van der Waals surface area contributed by atoms with E-state index in [9.17, 15) is 14.0 Å². The number of amides is 2. The highest BCUT2D eigenvalue weighted by atomic mass is 19.1. The van der Waals surface area contributed by atoms with Crippen LogP contribution in [0.2, 0.25) is 0 Å². The van der Waals surface area contributed by atoms with Crippen LogP contribution in [0.15, 0.2) is 60.7 Å². The van der Waals surface area contributed by atoms with E-state index in [2.05, 4.69) is 9.88 Å². The van der Waals surface area contributed by atoms with Crippen molar-refractivity contribution in [2.24, 2.45) is 0 Å². The molecule has 0 saturated carbocycles. The summed E-state index contributed by atoms with van der Waals surface area (Å²) in [6, 6.07) is 17.3. The standard InChI is InChI=1S/C25H25FN4O2/c26-20-9-6-18(7-10-20)16-30-15-14-28-12-3-13-29(17-23(28)25(30)32)24(31)22-11-8-19-4-1-2-5-21(19)27-22/h1-2,4-11,23H,3,12-17H2. The zero-order valence-electron chi connectivity index (χ0n) is 17.8. The lowest BCUT2D eigenvalue weighted by Crippen LogP contribution is -2.59. The van der Waals surface area contributed by atoms with Gasteiger partial charge < -0.3 is 9.80 Å². The maximum Gasteiger partial charge on any atom is 0.272 e. The Morgan fingerprint density at radius 1 is 0.969 bits per heavy atom. The molecule has 0 spiro atoms. The molecule has 1 aromatic heterocycles. The fourth-order valence-corrected chi connectivity index (χ4v) is 4.61. The van der Waals surface area contributed by atoms with Gasteiger partial charge in [0.15, 0.2) is 0 Å². The fraction of sp³-hybridized carbons (Fsp3) is 0.320. The van der Waals surface area contributed by atoms with Crippen molar-refractivity contribution >= 4 is 22.7 Å². The van der Waals surface area contributed by atoms with Crippen LogP contribution in [0.3, 0.4) is 0 Å². The second-order valence-electron chi connectivity index (χ2n) is 8.43. The quantitative estimate of drug-likeness (QED) is 0.639. The van der Waals surface area contributed by atoms with Crippen LogP contribution < -0.4 is 0 Å². The lowest BCUT2D eigenvalue weighted by atomic mass is 10.1. The summed E-state index contributed by atoms with van der Waals surface area (Å²) in [6.45, 7) is 3.60. The lowest BCUT2D eigenvalue weighted by molar-refractivity contribution is -0.142. The number of pyridine rings is 1. The maximum atomic E-state index is 13.3. The van der Waals surface area contributed by atoms with E-state index in [0.29, 0.717) is 31.9 Å². The van der Waals surface area contributed by atoms with Gasteiger partial charge in [-0.3, -0.25) is 14.5 Å². The van der Waals surface area contributed by atoms with Crippen LogP contribution in [0.25, 0.3) is 10.9 Å². The third-order valence-electron chi connectivity index (χ3n) is 6.35. The van der Waals surface area contributed by atoms with Crippen molar-refractivity contribution in [3.05, 3.63) is 77.7 Å². The second kappa shape index (κ2) is 8.67. The smallest absolute Gasteiger partial charge is 0.272 e. The SMILES string of the molecule is O=C(c1ccc2ccccc2n1)N1CCCN2CCN(Cc3ccc(F)cc3)C(=O)C2C1. The summed E-state index contributed by atoms with van der Waals surface area (Å²) < 4.78 is 13.2. The van der Waals surface area contributed by atoms with E-state index in [4.69, 9.17) is 0 Å². The highest BCUT2D eigenvalue weighted by molar-refractivity contribution is 5.95. The number of nitrogens with zero attached hydrogens (tertiary/aromatic N) is 4. The van der Waals surface area contributed by atoms with Gasteiger partial charge in [0.25, 0.3) is 5.91 Å². The molecule has 1 atom stereocenters. The van der Waals surface area contributed by atoms with Crippen molar-refractivity contribution in [1.29, 1.82) is 0 Å². The van der Waals surface area contributed by atoms with E-state index in [1.165, 1.54) is 12.1 Å². The van der Waals surface area contributed by atoms with Gasteiger partial charge in [0.2, 0.25) is 5.91 Å². The molecule has 2 amide bonds. The molecular formula is C25H25FN4O2. The number of carbonyl (C=O) groups excluding carboxylic acids is 2. The van der Waals surface area contributed by atoms with Gasteiger partial charge in [0.1, 0.15) is 17.6 Å². The first-order chi connectivity index (χ1) is 15.6. The average Bonchev–Trinajstić information content (AvgIpc) is 3.05. The molecule has 2 saturated heterocycles. The minimum Gasteiger partial charge on any atom is -0.336 e. The number of carbonyl (C=O) groups is 2. The largest absolute Gasteiger partial charge is 0.336 e. The summed E-state index contributed by atoms with van der Waals surface area (Å²) in [4.78, 5) is 36.9. The molecule has 1 unspecified atom stereocenters. The number of hydrogen-bond acceptors (Lipinski definition) is 4. The zero-order valence-corrected chi connectivity index (χ0v) is 17.8. The van der Waals surface area contributed by atoms with E-state index in [-0.39, 0.29) is 23.7 Å². The average molecular weight is 432 g/mol. The molecule has 2 aromatic carbocycles. The summed E-state index contributed by atoms with van der Waals surface area (Å²) in [5.41, 5.74) is 2.09. The molecule has 2 fully saturated rings. The first-order valence-corrected chi connectivity index (χ1v) is 11.0. The molecule has 7 heteroatoms. The minimum absolute atomic E-state index is 0.0201. The zero-order chi connectivity index (χ0) is 22.1. The topological polar surface area (TPSA) is 56.8 Å². The fourth-order valence-electron chi connectivity index (χ4n) is 4.61. The maximum absolute atomic E-state index is 13.3. The molecule has 2 aliphatic heterocycles. The normalized spacial score (nSPS) is 19.7. The van der Waals surface area contributed by atoms with Crippen LogP contribution in [0.1, 0.15) is 22.5 Å². The number of benzene rings is 2. The Morgan fingerprint density at radius 2 is 1.78 bits per heavy atom. The van der Waals surface area contributed by atoms with Crippen molar-refractivity contribution in [3.63, 3.8) is 0 Å². The molecule has 6 nitrogen and oxygen atoms in total. The van der Waals surface area contributed by atoms with Crippen molar-refractivity contribution < 1.29 is 14.0 Å². The number of halogens is 1. The third-order valence-corrected chi connectivity index (χ3v) is 6.35. The Hall–Kier alpha value is -3.32. The Balaban J connectivity index is 1.33. The van der Waals surface area contributed by atoms with Crippen LogP contribution in [0.4, 0.5) is 4.39 Å². The molecule has 3 aromatic rings. The third kappa shape index (κ3) is 4.08.